The fourth-order valence-corrected chi connectivity index (χ4v) is 2.81. The highest BCUT2D eigenvalue weighted by molar-refractivity contribution is 5.62. The number of aromatic nitrogens is 5. The first kappa shape index (κ1) is 12.4. The van der Waals surface area contributed by atoms with E-state index < -0.39 is 0 Å². The number of imidazole rings is 1. The van der Waals surface area contributed by atoms with Crippen molar-refractivity contribution in [2.75, 3.05) is 13.7 Å². The average molecular weight is 281 g/mol. The maximum Gasteiger partial charge on any atom is 0.156 e. The molecule has 0 bridgehead atoms. The van der Waals surface area contributed by atoms with E-state index in [-0.39, 0.29) is 0 Å². The summed E-state index contributed by atoms with van der Waals surface area (Å²) in [6, 6.07) is 2.11. The molecule has 0 radical (unpaired) electrons. The van der Waals surface area contributed by atoms with Crippen molar-refractivity contribution in [2.45, 2.75) is 12.3 Å². The molecule has 2 atom stereocenters. The monoisotopic (exact) mass is 281 g/mol. The zero-order chi connectivity index (χ0) is 14.2. The van der Waals surface area contributed by atoms with Gasteiger partial charge in [0.15, 0.2) is 5.65 Å². The summed E-state index contributed by atoms with van der Waals surface area (Å²) in [5, 5.41) is 4.59. The predicted molar refractivity (Wildman–Crippen MR) is 76.7 cm³/mol. The van der Waals surface area contributed by atoms with Crippen LogP contribution in [0.1, 0.15) is 17.9 Å². The Kier molecular flexibility index (Phi) is 2.89. The number of methoxy groups -OCH3 is 1. The number of rotatable bonds is 4. The van der Waals surface area contributed by atoms with Crippen molar-refractivity contribution in [3.8, 4) is 11.3 Å². The number of nitrogens with zero attached hydrogens (tertiary/aromatic N) is 5. The van der Waals surface area contributed by atoms with E-state index in [1.807, 2.05) is 10.7 Å². The Morgan fingerprint density at radius 1 is 1.33 bits per heavy atom. The quantitative estimate of drug-likeness (QED) is 0.731. The molecule has 1 aliphatic rings. The lowest BCUT2D eigenvalue weighted by Gasteiger charge is -2.07. The Labute approximate surface area is 121 Å². The maximum absolute atomic E-state index is 5.26. The van der Waals surface area contributed by atoms with Crippen molar-refractivity contribution < 1.29 is 4.74 Å². The van der Waals surface area contributed by atoms with Crippen molar-refractivity contribution in [3.05, 3.63) is 42.7 Å². The zero-order valence-corrected chi connectivity index (χ0v) is 11.7. The standard InChI is InChI=1S/C15H15N5O/c1-21-8-10-4-12(10)13-5-14(11-6-16-9-17-7-11)19-20-3-2-18-15(13)20/h2-3,5-7,9-10,12H,4,8H2,1H3/t10-,12+/m1/s1. The Morgan fingerprint density at radius 2 is 2.19 bits per heavy atom. The van der Waals surface area contributed by atoms with E-state index in [9.17, 15) is 0 Å². The van der Waals surface area contributed by atoms with Gasteiger partial charge in [0.05, 0.1) is 5.69 Å². The van der Waals surface area contributed by atoms with Crippen molar-refractivity contribution in [3.63, 3.8) is 0 Å². The van der Waals surface area contributed by atoms with E-state index in [0.717, 1.165) is 29.9 Å². The lowest BCUT2D eigenvalue weighted by atomic mass is 10.1. The van der Waals surface area contributed by atoms with Crippen molar-refractivity contribution >= 4 is 5.65 Å². The third kappa shape index (κ3) is 2.17. The summed E-state index contributed by atoms with van der Waals surface area (Å²) < 4.78 is 7.10. The molecule has 4 rings (SSSR count). The molecule has 0 aliphatic heterocycles. The Balaban J connectivity index is 1.80. The summed E-state index contributed by atoms with van der Waals surface area (Å²) >= 11 is 0. The summed E-state index contributed by atoms with van der Waals surface area (Å²) in [6.45, 7) is 0.795. The van der Waals surface area contributed by atoms with Crippen LogP contribution in [0.3, 0.4) is 0 Å². The zero-order valence-electron chi connectivity index (χ0n) is 11.7. The summed E-state index contributed by atoms with van der Waals surface area (Å²) in [5.74, 6) is 1.08. The van der Waals surface area contributed by atoms with Crippen molar-refractivity contribution in [1.82, 2.24) is 24.6 Å². The van der Waals surface area contributed by atoms with E-state index in [0.29, 0.717) is 11.8 Å². The minimum atomic E-state index is 0.501. The highest BCUT2D eigenvalue weighted by atomic mass is 16.5. The molecule has 6 heteroatoms. The SMILES string of the molecule is COC[C@H]1C[C@@H]1c1cc(-c2cncnc2)nn2ccnc12. The Bertz CT molecular complexity index is 770. The summed E-state index contributed by atoms with van der Waals surface area (Å²) in [4.78, 5) is 12.6. The molecule has 6 nitrogen and oxygen atoms in total. The molecule has 1 aliphatic carbocycles. The molecule has 0 saturated heterocycles. The minimum absolute atomic E-state index is 0.501. The first-order valence-electron chi connectivity index (χ1n) is 6.95. The molecule has 3 aromatic rings. The second-order valence-corrected chi connectivity index (χ2v) is 5.37. The van der Waals surface area contributed by atoms with E-state index in [4.69, 9.17) is 4.74 Å². The molecule has 3 aromatic heterocycles. The Morgan fingerprint density at radius 3 is 3.00 bits per heavy atom. The smallest absolute Gasteiger partial charge is 0.156 e. The van der Waals surface area contributed by atoms with Gasteiger partial charge in [-0.15, -0.1) is 0 Å². The van der Waals surface area contributed by atoms with E-state index in [2.05, 4.69) is 26.1 Å². The van der Waals surface area contributed by atoms with E-state index in [1.165, 1.54) is 11.9 Å². The molecule has 0 amide bonds. The van der Waals surface area contributed by atoms with Gasteiger partial charge in [-0.05, 0) is 24.3 Å². The van der Waals surface area contributed by atoms with Crippen LogP contribution >= 0.6 is 0 Å². The minimum Gasteiger partial charge on any atom is -0.384 e. The lowest BCUT2D eigenvalue weighted by molar-refractivity contribution is 0.184. The molecule has 3 heterocycles. The maximum atomic E-state index is 5.26. The first-order valence-corrected chi connectivity index (χ1v) is 6.95. The van der Waals surface area contributed by atoms with Gasteiger partial charge >= 0.3 is 0 Å². The van der Waals surface area contributed by atoms with Crippen LogP contribution in [0.5, 0.6) is 0 Å². The number of hydrogen-bond donors (Lipinski definition) is 0. The van der Waals surface area contributed by atoms with Crippen LogP contribution in [0, 0.1) is 5.92 Å². The first-order chi connectivity index (χ1) is 10.4. The van der Waals surface area contributed by atoms with Crippen LogP contribution in [0.15, 0.2) is 37.2 Å². The van der Waals surface area contributed by atoms with Crippen LogP contribution in [-0.4, -0.2) is 38.3 Å². The lowest BCUT2D eigenvalue weighted by Crippen LogP contribution is -2.01. The third-order valence-corrected chi connectivity index (χ3v) is 3.95. The summed E-state index contributed by atoms with van der Waals surface area (Å²) in [6.07, 6.45) is 9.88. The molecule has 1 fully saturated rings. The molecular formula is C15H15N5O. The number of fused-ring (bicyclic) bond motifs is 1. The van der Waals surface area contributed by atoms with Gasteiger partial charge < -0.3 is 4.74 Å². The molecule has 0 aromatic carbocycles. The van der Waals surface area contributed by atoms with Crippen LogP contribution in [0.2, 0.25) is 0 Å². The molecular weight excluding hydrogens is 266 g/mol. The van der Waals surface area contributed by atoms with E-state index in [1.54, 1.807) is 25.7 Å². The van der Waals surface area contributed by atoms with Gasteiger partial charge in [0.1, 0.15) is 6.33 Å². The van der Waals surface area contributed by atoms with Gasteiger partial charge in [0, 0.05) is 49.6 Å². The van der Waals surface area contributed by atoms with Gasteiger partial charge in [-0.2, -0.15) is 5.10 Å². The number of ether oxygens (including phenoxy) is 1. The largest absolute Gasteiger partial charge is 0.384 e. The van der Waals surface area contributed by atoms with Crippen LogP contribution in [-0.2, 0) is 4.74 Å². The fourth-order valence-electron chi connectivity index (χ4n) is 2.81. The molecule has 106 valence electrons. The van der Waals surface area contributed by atoms with Crippen molar-refractivity contribution in [1.29, 1.82) is 0 Å². The van der Waals surface area contributed by atoms with Gasteiger partial charge in [-0.25, -0.2) is 19.5 Å². The van der Waals surface area contributed by atoms with Crippen LogP contribution < -0.4 is 0 Å². The molecule has 1 saturated carbocycles. The summed E-state index contributed by atoms with van der Waals surface area (Å²) in [7, 11) is 1.75. The molecule has 0 N–H and O–H groups in total. The van der Waals surface area contributed by atoms with E-state index >= 15 is 0 Å². The predicted octanol–water partition coefficient (Wildman–Crippen LogP) is 1.94. The van der Waals surface area contributed by atoms with Gasteiger partial charge in [-0.1, -0.05) is 0 Å². The van der Waals surface area contributed by atoms with Crippen molar-refractivity contribution in [2.24, 2.45) is 5.92 Å². The highest BCUT2D eigenvalue weighted by Gasteiger charge is 2.40. The normalized spacial score (nSPS) is 20.8. The van der Waals surface area contributed by atoms with Crippen LogP contribution in [0.25, 0.3) is 16.9 Å². The highest BCUT2D eigenvalue weighted by Crippen LogP contribution is 2.48. The average Bonchev–Trinajstić information content (AvgIpc) is 3.12. The second-order valence-electron chi connectivity index (χ2n) is 5.37. The van der Waals surface area contributed by atoms with Gasteiger partial charge in [0.2, 0.25) is 0 Å². The topological polar surface area (TPSA) is 65.2 Å². The second kappa shape index (κ2) is 4.89. The fraction of sp³-hybridized carbons (Fsp3) is 0.333. The Hall–Kier alpha value is -2.34. The third-order valence-electron chi connectivity index (χ3n) is 3.95. The molecule has 21 heavy (non-hydrogen) atoms. The van der Waals surface area contributed by atoms with Crippen LogP contribution in [0.4, 0.5) is 0 Å². The van der Waals surface area contributed by atoms with Gasteiger partial charge in [0.25, 0.3) is 0 Å². The summed E-state index contributed by atoms with van der Waals surface area (Å²) in [5.41, 5.74) is 3.95. The molecule has 0 unspecified atom stereocenters. The van der Waals surface area contributed by atoms with Gasteiger partial charge in [-0.3, -0.25) is 0 Å². The molecule has 0 spiro atoms. The number of hydrogen-bond acceptors (Lipinski definition) is 5.